The first kappa shape index (κ1) is 13.4. The van der Waals surface area contributed by atoms with Crippen LogP contribution in [0.2, 0.25) is 0 Å². The molecule has 18 heavy (non-hydrogen) atoms. The number of aliphatic hydroxyl groups excluding tert-OH is 1. The van der Waals surface area contributed by atoms with Gasteiger partial charge in [-0.25, -0.2) is 13.2 Å². The number of benzene rings is 1. The van der Waals surface area contributed by atoms with Gasteiger partial charge in [-0.15, -0.1) is 11.8 Å². The summed E-state index contributed by atoms with van der Waals surface area (Å²) < 4.78 is 22.7. The molecule has 0 aliphatic carbocycles. The Hall–Kier alpha value is -1.05. The van der Waals surface area contributed by atoms with Crippen molar-refractivity contribution in [3.63, 3.8) is 0 Å². The molecule has 1 aromatic rings. The minimum atomic E-state index is -3.15. The molecular formula is C11H12O5S2. The predicted molar refractivity (Wildman–Crippen MR) is 67.7 cm³/mol. The normalized spacial score (nSPS) is 26.1. The quantitative estimate of drug-likeness (QED) is 0.848. The Kier molecular flexibility index (Phi) is 3.65. The number of carboxylic acid groups (broad SMARTS) is 1. The first-order chi connectivity index (χ1) is 8.37. The zero-order valence-electron chi connectivity index (χ0n) is 9.31. The van der Waals surface area contributed by atoms with Crippen LogP contribution < -0.4 is 0 Å². The number of carbonyl (C=O) groups is 1. The van der Waals surface area contributed by atoms with Gasteiger partial charge in [-0.1, -0.05) is 0 Å². The van der Waals surface area contributed by atoms with Gasteiger partial charge in [-0.2, -0.15) is 0 Å². The van der Waals surface area contributed by atoms with Crippen LogP contribution >= 0.6 is 11.8 Å². The molecule has 0 aromatic heterocycles. The number of aromatic carboxylic acids is 1. The van der Waals surface area contributed by atoms with Crippen molar-refractivity contribution in [3.05, 3.63) is 29.8 Å². The van der Waals surface area contributed by atoms with Gasteiger partial charge in [0.05, 0.1) is 28.4 Å². The lowest BCUT2D eigenvalue weighted by Gasteiger charge is -2.11. The summed E-state index contributed by atoms with van der Waals surface area (Å²) in [5.74, 6) is -1.24. The smallest absolute Gasteiger partial charge is 0.335 e. The molecule has 2 rings (SSSR count). The van der Waals surface area contributed by atoms with E-state index in [0.29, 0.717) is 0 Å². The third-order valence-corrected chi connectivity index (χ3v) is 5.92. The summed E-state index contributed by atoms with van der Waals surface area (Å²) in [4.78, 5) is 11.4. The highest BCUT2D eigenvalue weighted by molar-refractivity contribution is 8.02. The van der Waals surface area contributed by atoms with Crippen LogP contribution in [0, 0.1) is 0 Å². The molecule has 0 saturated carbocycles. The number of hydrogen-bond acceptors (Lipinski definition) is 5. The number of thioether (sulfide) groups is 1. The molecule has 0 radical (unpaired) electrons. The van der Waals surface area contributed by atoms with Crippen molar-refractivity contribution in [1.29, 1.82) is 0 Å². The summed E-state index contributed by atoms with van der Waals surface area (Å²) in [6.07, 6.45) is -0.862. The highest BCUT2D eigenvalue weighted by Gasteiger charge is 2.36. The van der Waals surface area contributed by atoms with E-state index in [1.54, 1.807) is 12.1 Å². The highest BCUT2D eigenvalue weighted by Crippen LogP contribution is 2.31. The third kappa shape index (κ3) is 3.04. The Morgan fingerprint density at radius 1 is 1.22 bits per heavy atom. The fourth-order valence-electron chi connectivity index (χ4n) is 1.76. The van der Waals surface area contributed by atoms with Gasteiger partial charge in [0.1, 0.15) is 0 Å². The van der Waals surface area contributed by atoms with Gasteiger partial charge < -0.3 is 10.2 Å². The van der Waals surface area contributed by atoms with Crippen LogP contribution in [0.4, 0.5) is 0 Å². The van der Waals surface area contributed by atoms with E-state index in [-0.39, 0.29) is 22.3 Å². The van der Waals surface area contributed by atoms with Crippen molar-refractivity contribution in [1.82, 2.24) is 0 Å². The largest absolute Gasteiger partial charge is 0.478 e. The first-order valence-electron chi connectivity index (χ1n) is 5.26. The molecule has 98 valence electrons. The second-order valence-corrected chi connectivity index (χ2v) is 7.60. The van der Waals surface area contributed by atoms with Gasteiger partial charge in [0.25, 0.3) is 0 Å². The standard InChI is InChI=1S/C11H12O5S2/c12-9-5-18(15,16)6-10(9)17-8-3-1-7(2-4-8)11(13)14/h1-4,9-10,12H,5-6H2,(H,13,14). The Morgan fingerprint density at radius 3 is 2.28 bits per heavy atom. The molecule has 2 atom stereocenters. The van der Waals surface area contributed by atoms with E-state index >= 15 is 0 Å². The summed E-state index contributed by atoms with van der Waals surface area (Å²) in [6, 6.07) is 6.15. The summed E-state index contributed by atoms with van der Waals surface area (Å²) in [5, 5.41) is 18.0. The number of sulfone groups is 1. The Labute approximate surface area is 109 Å². The van der Waals surface area contributed by atoms with Crippen molar-refractivity contribution in [2.24, 2.45) is 0 Å². The van der Waals surface area contributed by atoms with E-state index in [1.165, 1.54) is 23.9 Å². The monoisotopic (exact) mass is 288 g/mol. The average molecular weight is 288 g/mol. The van der Waals surface area contributed by atoms with E-state index in [4.69, 9.17) is 5.11 Å². The number of aliphatic hydroxyl groups is 1. The summed E-state index contributed by atoms with van der Waals surface area (Å²) >= 11 is 1.26. The van der Waals surface area contributed by atoms with Gasteiger partial charge in [0.2, 0.25) is 0 Å². The lowest BCUT2D eigenvalue weighted by atomic mass is 10.2. The van der Waals surface area contributed by atoms with Crippen LogP contribution in [0.25, 0.3) is 0 Å². The van der Waals surface area contributed by atoms with Gasteiger partial charge in [-0.3, -0.25) is 0 Å². The van der Waals surface area contributed by atoms with E-state index in [1.807, 2.05) is 0 Å². The van der Waals surface area contributed by atoms with E-state index in [0.717, 1.165) is 4.90 Å². The van der Waals surface area contributed by atoms with Gasteiger partial charge in [0, 0.05) is 4.90 Å². The van der Waals surface area contributed by atoms with E-state index < -0.39 is 21.9 Å². The molecule has 2 N–H and O–H groups in total. The minimum absolute atomic E-state index is 0.0421. The molecule has 1 aliphatic rings. The number of carboxylic acids is 1. The molecule has 2 unspecified atom stereocenters. The Balaban J connectivity index is 2.08. The van der Waals surface area contributed by atoms with Crippen molar-refractivity contribution in [3.8, 4) is 0 Å². The SMILES string of the molecule is O=C(O)c1ccc(SC2CS(=O)(=O)CC2O)cc1. The van der Waals surface area contributed by atoms with Crippen molar-refractivity contribution < 1.29 is 23.4 Å². The molecule has 1 aliphatic heterocycles. The predicted octanol–water partition coefficient (Wildman–Crippen LogP) is 0.635. The van der Waals surface area contributed by atoms with E-state index in [9.17, 15) is 18.3 Å². The van der Waals surface area contributed by atoms with Crippen molar-refractivity contribution in [2.75, 3.05) is 11.5 Å². The lowest BCUT2D eigenvalue weighted by molar-refractivity contribution is 0.0696. The van der Waals surface area contributed by atoms with Crippen LogP contribution in [0.5, 0.6) is 0 Å². The van der Waals surface area contributed by atoms with Crippen LogP contribution in [0.15, 0.2) is 29.2 Å². The van der Waals surface area contributed by atoms with E-state index in [2.05, 4.69) is 0 Å². The van der Waals surface area contributed by atoms with Crippen LogP contribution in [-0.4, -0.2) is 47.5 Å². The first-order valence-corrected chi connectivity index (χ1v) is 7.96. The maximum Gasteiger partial charge on any atom is 0.335 e. The molecule has 7 heteroatoms. The molecule has 1 fully saturated rings. The molecule has 1 heterocycles. The summed E-state index contributed by atoms with van der Waals surface area (Å²) in [7, 11) is -3.15. The topological polar surface area (TPSA) is 91.7 Å². The second kappa shape index (κ2) is 4.91. The average Bonchev–Trinajstić information content (AvgIpc) is 2.52. The summed E-state index contributed by atoms with van der Waals surface area (Å²) in [6.45, 7) is 0. The van der Waals surface area contributed by atoms with Crippen molar-refractivity contribution in [2.45, 2.75) is 16.2 Å². The molecule has 5 nitrogen and oxygen atoms in total. The fourth-order valence-corrected chi connectivity index (χ4v) is 5.28. The Bertz CT molecular complexity index is 549. The Morgan fingerprint density at radius 2 is 1.83 bits per heavy atom. The van der Waals surface area contributed by atoms with Gasteiger partial charge in [-0.05, 0) is 24.3 Å². The highest BCUT2D eigenvalue weighted by atomic mass is 32.2. The second-order valence-electron chi connectivity index (χ2n) is 4.13. The molecule has 0 amide bonds. The molecule has 1 aromatic carbocycles. The maximum absolute atomic E-state index is 11.3. The number of rotatable bonds is 3. The zero-order valence-corrected chi connectivity index (χ0v) is 10.9. The molecule has 0 spiro atoms. The molecule has 1 saturated heterocycles. The molecule has 0 bridgehead atoms. The molecular weight excluding hydrogens is 276 g/mol. The van der Waals surface area contributed by atoms with Crippen molar-refractivity contribution >= 4 is 27.6 Å². The zero-order chi connectivity index (χ0) is 13.3. The van der Waals surface area contributed by atoms with Crippen LogP contribution in [0.3, 0.4) is 0 Å². The lowest BCUT2D eigenvalue weighted by Crippen LogP contribution is -2.19. The summed E-state index contributed by atoms with van der Waals surface area (Å²) in [5.41, 5.74) is 0.180. The van der Waals surface area contributed by atoms with Gasteiger partial charge in [0.15, 0.2) is 9.84 Å². The van der Waals surface area contributed by atoms with Crippen LogP contribution in [-0.2, 0) is 9.84 Å². The third-order valence-electron chi connectivity index (χ3n) is 2.66. The minimum Gasteiger partial charge on any atom is -0.478 e. The van der Waals surface area contributed by atoms with Gasteiger partial charge >= 0.3 is 5.97 Å². The fraction of sp³-hybridized carbons (Fsp3) is 0.364. The maximum atomic E-state index is 11.3. The van der Waals surface area contributed by atoms with Crippen LogP contribution in [0.1, 0.15) is 10.4 Å². The number of hydrogen-bond donors (Lipinski definition) is 2.